The highest BCUT2D eigenvalue weighted by Crippen LogP contribution is 2.45. The summed E-state index contributed by atoms with van der Waals surface area (Å²) in [5.41, 5.74) is 9.14. The highest BCUT2D eigenvalue weighted by Gasteiger charge is 2.61. The summed E-state index contributed by atoms with van der Waals surface area (Å²) >= 11 is 3.07. The molecule has 1 aromatic carbocycles. The van der Waals surface area contributed by atoms with Crippen molar-refractivity contribution in [3.8, 4) is 0 Å². The predicted molar refractivity (Wildman–Crippen MR) is 200 cm³/mol. The van der Waals surface area contributed by atoms with Crippen molar-refractivity contribution in [3.05, 3.63) is 70.2 Å². The zero-order valence-corrected chi connectivity index (χ0v) is 31.3. The number of urea groups is 1. The number of nitrogens with two attached hydrogens (primary N) is 1. The Labute approximate surface area is 304 Å². The second-order valence-corrected chi connectivity index (χ2v) is 15.6. The van der Waals surface area contributed by atoms with E-state index >= 15 is 0 Å². The van der Waals surface area contributed by atoms with Gasteiger partial charge in [0.2, 0.25) is 5.91 Å². The second kappa shape index (κ2) is 19.1. The fraction of sp³-hybridized carbons (Fsp3) is 0.556. The number of hydrogen-bond acceptors (Lipinski definition) is 10. The molecule has 2 aromatic rings. The summed E-state index contributed by atoms with van der Waals surface area (Å²) in [6.07, 6.45) is 2.74. The molecule has 274 valence electrons. The van der Waals surface area contributed by atoms with Crippen molar-refractivity contribution in [2.45, 2.75) is 63.5 Å². The molecule has 1 saturated carbocycles. The van der Waals surface area contributed by atoms with E-state index in [1.54, 1.807) is 30.5 Å². The number of thioether (sulfide) groups is 1. The van der Waals surface area contributed by atoms with Gasteiger partial charge in [0.1, 0.15) is 12.1 Å². The quantitative estimate of drug-likeness (QED) is 0.161. The molecule has 0 bridgehead atoms. The summed E-state index contributed by atoms with van der Waals surface area (Å²) in [6, 6.07) is 8.91. The Morgan fingerprint density at radius 3 is 2.66 bits per heavy atom. The van der Waals surface area contributed by atoms with Gasteiger partial charge in [-0.2, -0.15) is 0 Å². The lowest BCUT2D eigenvalue weighted by Crippen LogP contribution is -2.56. The Morgan fingerprint density at radius 2 is 1.98 bits per heavy atom. The van der Waals surface area contributed by atoms with Crippen LogP contribution in [0.4, 0.5) is 9.59 Å². The topological polar surface area (TPSA) is 151 Å². The Hall–Kier alpha value is -3.59. The molecular weight excluding hydrogens is 675 g/mol. The third kappa shape index (κ3) is 11.7. The summed E-state index contributed by atoms with van der Waals surface area (Å²) < 4.78 is 10.8. The molecule has 5 N–H and O–H groups in total. The van der Waals surface area contributed by atoms with Crippen LogP contribution in [0, 0.1) is 11.8 Å². The molecule has 3 unspecified atom stereocenters. The van der Waals surface area contributed by atoms with Crippen LogP contribution in [0.3, 0.4) is 0 Å². The average molecular weight is 728 g/mol. The summed E-state index contributed by atoms with van der Waals surface area (Å²) in [5.74, 6) is 0.172. The first-order valence-corrected chi connectivity index (χ1v) is 19.1. The van der Waals surface area contributed by atoms with Crippen LogP contribution in [0.25, 0.3) is 5.57 Å². The number of morpholine rings is 1. The molecule has 2 fully saturated rings. The lowest BCUT2D eigenvalue weighted by molar-refractivity contribution is -0.124. The molecule has 4 atom stereocenters. The number of likely N-dealkylation sites (N-methyl/N-ethyl adjacent to an activating group) is 1. The van der Waals surface area contributed by atoms with E-state index in [2.05, 4.69) is 53.2 Å². The summed E-state index contributed by atoms with van der Waals surface area (Å²) in [5, 5.41) is 11.4. The molecule has 0 spiro atoms. The summed E-state index contributed by atoms with van der Waals surface area (Å²) in [6.45, 7) is 15.1. The minimum Gasteiger partial charge on any atom is -0.444 e. The van der Waals surface area contributed by atoms with Crippen molar-refractivity contribution in [1.82, 2.24) is 30.7 Å². The minimum atomic E-state index is -1.09. The molecule has 1 aliphatic heterocycles. The number of ether oxygens (including phenoxy) is 2. The Balaban J connectivity index is 1.42. The lowest BCUT2D eigenvalue weighted by atomic mass is 9.95. The van der Waals surface area contributed by atoms with E-state index in [9.17, 15) is 14.4 Å². The van der Waals surface area contributed by atoms with Gasteiger partial charge in [-0.3, -0.25) is 14.7 Å². The molecule has 50 heavy (non-hydrogen) atoms. The van der Waals surface area contributed by atoms with Crippen molar-refractivity contribution in [2.24, 2.45) is 17.6 Å². The second-order valence-electron chi connectivity index (χ2n) is 13.4. The number of benzene rings is 1. The van der Waals surface area contributed by atoms with Crippen molar-refractivity contribution in [2.75, 3.05) is 53.0 Å². The zero-order chi connectivity index (χ0) is 36.1. The van der Waals surface area contributed by atoms with Crippen molar-refractivity contribution in [3.63, 3.8) is 0 Å². The number of amides is 4. The normalized spacial score (nSPS) is 20.4. The molecule has 4 rings (SSSR count). The monoisotopic (exact) mass is 727 g/mol. The highest BCUT2D eigenvalue weighted by molar-refractivity contribution is 8.02. The third-order valence-electron chi connectivity index (χ3n) is 9.20. The van der Waals surface area contributed by atoms with Gasteiger partial charge in [-0.05, 0) is 41.7 Å². The molecule has 14 heteroatoms. The number of carbonyl (C=O) groups excluding carboxylic acids is 3. The number of rotatable bonds is 18. The highest BCUT2D eigenvalue weighted by atomic mass is 32.2. The maximum atomic E-state index is 14.3. The molecule has 1 aliphatic carbocycles. The number of nitrogens with zero attached hydrogens (tertiary/aromatic N) is 3. The van der Waals surface area contributed by atoms with Gasteiger partial charge in [0.25, 0.3) is 0 Å². The summed E-state index contributed by atoms with van der Waals surface area (Å²) in [4.78, 5) is 48.9. The number of aromatic nitrogens is 1. The first kappa shape index (κ1) is 39.2. The van der Waals surface area contributed by atoms with Crippen molar-refractivity contribution < 1.29 is 23.9 Å². The average Bonchev–Trinajstić information content (AvgIpc) is 3.52. The molecule has 1 aromatic heterocycles. The number of alkyl carbamates (subject to hydrolysis) is 1. The summed E-state index contributed by atoms with van der Waals surface area (Å²) in [7, 11) is 1.69. The van der Waals surface area contributed by atoms with Crippen LogP contribution in [0.15, 0.2) is 59.7 Å². The van der Waals surface area contributed by atoms with E-state index in [1.165, 1.54) is 16.2 Å². The lowest BCUT2D eigenvalue weighted by Gasteiger charge is -2.30. The van der Waals surface area contributed by atoms with Crippen LogP contribution in [0.2, 0.25) is 0 Å². The first-order chi connectivity index (χ1) is 24.0. The fourth-order valence-electron chi connectivity index (χ4n) is 5.63. The molecule has 1 saturated heterocycles. The Kier molecular flexibility index (Phi) is 15.0. The zero-order valence-electron chi connectivity index (χ0n) is 29.7. The van der Waals surface area contributed by atoms with E-state index in [4.69, 9.17) is 15.2 Å². The van der Waals surface area contributed by atoms with E-state index in [0.29, 0.717) is 62.4 Å². The van der Waals surface area contributed by atoms with Crippen molar-refractivity contribution in [1.29, 1.82) is 0 Å². The van der Waals surface area contributed by atoms with Gasteiger partial charge in [0, 0.05) is 56.3 Å². The largest absolute Gasteiger partial charge is 0.444 e. The first-order valence-electron chi connectivity index (χ1n) is 17.2. The molecule has 4 amide bonds. The van der Waals surface area contributed by atoms with Crippen LogP contribution in [-0.2, 0) is 20.9 Å². The van der Waals surface area contributed by atoms with Crippen molar-refractivity contribution >= 4 is 46.7 Å². The van der Waals surface area contributed by atoms with Crippen LogP contribution in [0.1, 0.15) is 50.5 Å². The van der Waals surface area contributed by atoms with E-state index in [1.807, 2.05) is 35.7 Å². The molecular formula is C36H53N7O5S2. The molecule has 12 nitrogen and oxygen atoms in total. The standard InChI is InChI=1S/C36H53N7O5S2/c1-25(2)27(4)49-23-30(37)21-42(5)34(45)41-36(18-29(36)20-43-14-16-47-17-15-43)33(44)40-32(26(3)28-10-7-6-8-11-28)12-9-13-39-35(46)48-22-31-19-38-24-50-31/h6-8,10-11,19,23-25,27,29,32H,3,9,12-18,20-22,37H2,1-2,4-5H3,(H,39,46)(H,40,44)(H,41,45)/b30-23-/t27?,29?,32-,36?/m1/s1. The van der Waals surface area contributed by atoms with Gasteiger partial charge in [0.15, 0.2) is 0 Å². The number of carbonyl (C=O) groups is 3. The minimum absolute atomic E-state index is 0.0751. The Bertz CT molecular complexity index is 1440. The predicted octanol–water partition coefficient (Wildman–Crippen LogP) is 4.66. The van der Waals surface area contributed by atoms with Gasteiger partial charge in [0.05, 0.1) is 36.2 Å². The van der Waals surface area contributed by atoms with Crippen LogP contribution >= 0.6 is 23.1 Å². The van der Waals surface area contributed by atoms with Crippen LogP contribution in [0.5, 0.6) is 0 Å². The van der Waals surface area contributed by atoms with E-state index in [-0.39, 0.29) is 31.0 Å². The van der Waals surface area contributed by atoms with Gasteiger partial charge in [-0.15, -0.1) is 23.1 Å². The van der Waals surface area contributed by atoms with Crippen LogP contribution < -0.4 is 21.7 Å². The van der Waals surface area contributed by atoms with Gasteiger partial charge in [-0.25, -0.2) is 9.59 Å². The third-order valence-corrected chi connectivity index (χ3v) is 11.4. The van der Waals surface area contributed by atoms with Crippen LogP contribution in [-0.4, -0.2) is 103 Å². The SMILES string of the molecule is C=C(c1ccccc1)[C@@H](CCCNC(=O)OCc1cncs1)NC(=O)C1(NC(=O)N(C)C/C(N)=C/SC(C)C(C)C)CC1CN1CCOCC1. The number of thiazole rings is 1. The molecule has 2 heterocycles. The Morgan fingerprint density at radius 1 is 1.24 bits per heavy atom. The van der Waals surface area contributed by atoms with E-state index < -0.39 is 17.7 Å². The van der Waals surface area contributed by atoms with Gasteiger partial charge in [-0.1, -0.05) is 57.7 Å². The maximum absolute atomic E-state index is 14.3. The molecule has 2 aliphatic rings. The number of hydrogen-bond donors (Lipinski definition) is 4. The van der Waals surface area contributed by atoms with E-state index in [0.717, 1.165) is 29.1 Å². The molecule has 0 radical (unpaired) electrons. The maximum Gasteiger partial charge on any atom is 0.407 e. The van der Waals surface area contributed by atoms with Gasteiger partial charge < -0.3 is 36.1 Å². The van der Waals surface area contributed by atoms with Gasteiger partial charge >= 0.3 is 12.1 Å². The smallest absolute Gasteiger partial charge is 0.407 e. The number of nitrogens with one attached hydrogen (secondary N) is 3. The fourth-order valence-corrected chi connectivity index (χ4v) is 6.91.